The van der Waals surface area contributed by atoms with Crippen molar-refractivity contribution < 1.29 is 177 Å². The minimum atomic E-state index is -1.21. The first-order valence-corrected chi connectivity index (χ1v) is 42.9. The summed E-state index contributed by atoms with van der Waals surface area (Å²) in [5, 5.41) is 47.8. The van der Waals surface area contributed by atoms with Gasteiger partial charge in [0.1, 0.15) is 49.4 Å². The molecule has 0 aliphatic rings. The van der Waals surface area contributed by atoms with Crippen molar-refractivity contribution in [2.75, 3.05) is 0 Å². The van der Waals surface area contributed by atoms with Crippen molar-refractivity contribution in [1.29, 1.82) is 0 Å². The number of ether oxygens (including phenoxy) is 4. The molecule has 17 aromatic rings. The number of para-hydroxylation sites is 2. The van der Waals surface area contributed by atoms with Gasteiger partial charge in [0, 0.05) is 43.1 Å². The van der Waals surface area contributed by atoms with Gasteiger partial charge in [0.05, 0.1) is 11.9 Å². The third-order valence-electron chi connectivity index (χ3n) is 20.7. The summed E-state index contributed by atoms with van der Waals surface area (Å²) in [5.41, 5.74) is 21.9. The summed E-state index contributed by atoms with van der Waals surface area (Å²) in [7, 11) is 0. The van der Waals surface area contributed by atoms with Gasteiger partial charge in [-0.15, -0.1) is 22.7 Å². The van der Waals surface area contributed by atoms with E-state index in [1.165, 1.54) is 0 Å². The molecule has 0 amide bonds. The molecule has 0 radical (unpaired) electrons. The molecule has 0 bridgehead atoms. The molecule has 0 spiro atoms. The van der Waals surface area contributed by atoms with Crippen LogP contribution in [-0.4, -0.2) is 23.9 Å². The maximum atomic E-state index is 11.0. The van der Waals surface area contributed by atoms with Crippen LogP contribution < -0.4 is 158 Å². The molecule has 0 atom stereocenters. The van der Waals surface area contributed by atoms with E-state index in [1.807, 2.05) is 285 Å². The first-order chi connectivity index (χ1) is 61.8. The average molecular weight is 1780 g/mol. The van der Waals surface area contributed by atoms with Crippen LogP contribution in [-0.2, 0) is 58.4 Å². The first-order valence-electron chi connectivity index (χ1n) is 41.2. The molecule has 2 heterocycles. The number of carbonyl (C=O) groups is 4. The van der Waals surface area contributed by atoms with Crippen LogP contribution in [0.25, 0.3) is 110 Å². The number of benzene rings is 15. The molecule has 0 fully saturated rings. The maximum Gasteiger partial charge on any atom is 1.00 e. The molecule has 622 valence electrons. The van der Waals surface area contributed by atoms with E-state index in [4.69, 9.17) is 18.9 Å². The first kappa shape index (κ1) is 101. The Morgan fingerprint density at radius 1 is 0.269 bits per heavy atom. The summed E-state index contributed by atoms with van der Waals surface area (Å²) < 4.78 is 24.3. The Morgan fingerprint density at radius 2 is 0.638 bits per heavy atom. The Kier molecular flexibility index (Phi) is 40.6. The van der Waals surface area contributed by atoms with Crippen LogP contribution in [0, 0.1) is 0 Å². The monoisotopic (exact) mass is 1780 g/mol. The van der Waals surface area contributed by atoms with E-state index in [-0.39, 0.29) is 131 Å². The summed E-state index contributed by atoms with van der Waals surface area (Å²) in [4.78, 5) is 46.7. The number of carbonyl (C=O) groups excluding carboxylic acids is 4. The smallest absolute Gasteiger partial charge is 0.550 e. The minimum absolute atomic E-state index is 0. The maximum absolute atomic E-state index is 11.0. The van der Waals surface area contributed by atoms with Crippen molar-refractivity contribution >= 4 is 69.5 Å². The van der Waals surface area contributed by atoms with Crippen molar-refractivity contribution in [3.63, 3.8) is 0 Å². The molecule has 130 heavy (non-hydrogen) atoms. The van der Waals surface area contributed by atoms with Gasteiger partial charge in [0.15, 0.2) is 0 Å². The van der Waals surface area contributed by atoms with Gasteiger partial charge in [0.25, 0.3) is 0 Å². The van der Waals surface area contributed by atoms with Crippen molar-refractivity contribution in [1.82, 2.24) is 0 Å². The molecule has 2 aromatic heterocycles. The fourth-order valence-corrected chi connectivity index (χ4v) is 16.5. The quantitative estimate of drug-likeness (QED) is 0.0305. The molecule has 0 N–H and O–H groups in total. The fourth-order valence-electron chi connectivity index (χ4n) is 14.5. The number of aryl methyl sites for hydroxylation is 2. The molecule has 17 rings (SSSR count). The van der Waals surface area contributed by atoms with Crippen molar-refractivity contribution in [2.24, 2.45) is 0 Å². The van der Waals surface area contributed by atoms with Gasteiger partial charge in [0.2, 0.25) is 0 Å². The molecule has 0 aliphatic carbocycles. The summed E-state index contributed by atoms with van der Waals surface area (Å²) in [6, 6.07) is 131. The van der Waals surface area contributed by atoms with Gasteiger partial charge < -0.3 is 58.6 Å². The summed E-state index contributed by atoms with van der Waals surface area (Å²) in [6.07, 6.45) is 6.17. The van der Waals surface area contributed by atoms with Crippen LogP contribution in [0.5, 0.6) is 23.0 Å². The Morgan fingerprint density at radius 3 is 1.12 bits per heavy atom. The van der Waals surface area contributed by atoms with E-state index in [1.54, 1.807) is 34.8 Å². The summed E-state index contributed by atoms with van der Waals surface area (Å²) in [5.74, 6) is -1.13. The van der Waals surface area contributed by atoms with Crippen molar-refractivity contribution in [3.05, 3.63) is 456 Å². The normalized spacial score (nSPS) is 10.5. The standard InChI is InChI=1S/C32H26O3.C28H24O3.2C26H20O3S.4Na/c33-32(34)20-17-24-11-4-5-14-27(24)25-12-8-13-26(21-25)28-18-19-31(30-16-7-6-15-29(28)30)35-22-23-9-2-1-3-10-23;29-28(30)18-15-23-9-4-5-12-27(23)25-11-6-10-24(19-25)22-13-16-26(17-14-22)31-20-21-7-2-1-3-8-21;27-26(28)15-14-20-10-4-5-12-23(20)25-16-21(18-30-25)22-11-6-7-13-24(22)29-17-19-8-2-1-3-9-19;27-26(28)17-14-20-10-4-5-11-21(20)24-15-16-25(30-24)22-12-6-7-13-23(22)29-18-19-8-2-1-3-9-19;;;;/h1-16,18-19,21H,17,20,22H2,(H,33,34);1-14,16-17,19H,15,18,20H2,(H,29,30);1-16,18H,17H2,(H,27,28);1-17H,18H2,(H,27,28);;;;/q;;;;4*+1/p-4/b;;15-14+;17-14+;;;;. The third kappa shape index (κ3) is 29.3. The topological polar surface area (TPSA) is 197 Å². The summed E-state index contributed by atoms with van der Waals surface area (Å²) >= 11 is 3.26. The average Bonchev–Trinajstić information content (AvgIpc) is 1.07. The minimum Gasteiger partial charge on any atom is -0.550 e. The van der Waals surface area contributed by atoms with Crippen LogP contribution in [0.15, 0.2) is 412 Å². The molecular weight excluding hydrogens is 1690 g/mol. The number of hydrogen-bond acceptors (Lipinski definition) is 14. The molecule has 18 heteroatoms. The van der Waals surface area contributed by atoms with E-state index >= 15 is 0 Å². The van der Waals surface area contributed by atoms with Crippen molar-refractivity contribution in [3.8, 4) is 110 Å². The Labute approximate surface area is 855 Å². The zero-order valence-corrected chi connectivity index (χ0v) is 82.4. The molecule has 0 saturated carbocycles. The Balaban J connectivity index is 0.000000179. The van der Waals surface area contributed by atoms with E-state index in [2.05, 4.69) is 115 Å². The van der Waals surface area contributed by atoms with Crippen LogP contribution in [0.3, 0.4) is 0 Å². The number of rotatable bonds is 30. The zero-order chi connectivity index (χ0) is 87.0. The second-order valence-corrected chi connectivity index (χ2v) is 31.3. The van der Waals surface area contributed by atoms with Crippen LogP contribution in [0.1, 0.15) is 57.3 Å². The SMILES string of the molecule is O=C([O-])/C=C/c1ccccc1-c1cc(-c2ccccc2OCc2ccccc2)cs1.O=C([O-])/C=C/c1ccccc1-c1ccc(-c2ccccc2OCc2ccccc2)s1.O=C([O-])CCc1ccccc1-c1cccc(-c2ccc(OCc3ccccc3)c3ccccc23)c1.O=C([O-])CCc1ccccc1-c1cccc(-c2ccc(OCc3ccccc3)cc2)c1.[Na+].[Na+].[Na+].[Na+]. The van der Waals surface area contributed by atoms with E-state index < -0.39 is 23.9 Å². The third-order valence-corrected chi connectivity index (χ3v) is 22.8. The van der Waals surface area contributed by atoms with E-state index in [9.17, 15) is 39.6 Å². The van der Waals surface area contributed by atoms with Crippen LogP contribution in [0.2, 0.25) is 0 Å². The molecule has 15 aromatic carbocycles. The van der Waals surface area contributed by atoms with E-state index in [0.29, 0.717) is 39.3 Å². The van der Waals surface area contributed by atoms with Crippen LogP contribution >= 0.6 is 22.7 Å². The van der Waals surface area contributed by atoms with Gasteiger partial charge in [-0.3, -0.25) is 0 Å². The van der Waals surface area contributed by atoms with Gasteiger partial charge >= 0.3 is 118 Å². The zero-order valence-electron chi connectivity index (χ0n) is 72.8. The number of aliphatic carboxylic acids is 4. The molecule has 0 aliphatic heterocycles. The molecule has 0 unspecified atom stereocenters. The predicted octanol–water partition coefficient (Wildman–Crippen LogP) is 10.6. The summed E-state index contributed by atoms with van der Waals surface area (Å²) in [6.45, 7) is 2.07. The molecule has 12 nitrogen and oxygen atoms in total. The van der Waals surface area contributed by atoms with Gasteiger partial charge in [-0.05, 0) is 221 Å². The van der Waals surface area contributed by atoms with Crippen molar-refractivity contribution in [2.45, 2.75) is 52.1 Å². The molecule has 0 saturated heterocycles. The Hall–Kier alpha value is -11.5. The van der Waals surface area contributed by atoms with Crippen LogP contribution in [0.4, 0.5) is 0 Å². The number of carboxylic acids is 4. The Bertz CT molecular complexity index is 6390. The predicted molar refractivity (Wildman–Crippen MR) is 500 cm³/mol. The number of hydrogen-bond donors (Lipinski definition) is 0. The second kappa shape index (κ2) is 52.4. The van der Waals surface area contributed by atoms with E-state index in [0.717, 1.165) is 177 Å². The fraction of sp³-hybridized carbons (Fsp3) is 0.0714. The number of carboxylic acid groups (broad SMARTS) is 4. The second-order valence-electron chi connectivity index (χ2n) is 29.3. The number of fused-ring (bicyclic) bond motifs is 1. The largest absolute Gasteiger partial charge is 1.00 e. The van der Waals surface area contributed by atoms with Gasteiger partial charge in [-0.1, -0.05) is 340 Å². The molecular formula is C112H86Na4O12S2. The number of thiophene rings is 2. The van der Waals surface area contributed by atoms with Gasteiger partial charge in [-0.2, -0.15) is 0 Å². The van der Waals surface area contributed by atoms with Gasteiger partial charge in [-0.25, -0.2) is 0 Å².